The number of hydrogen-bond acceptors (Lipinski definition) is 4. The van der Waals surface area contributed by atoms with Crippen molar-refractivity contribution in [3.63, 3.8) is 0 Å². The van der Waals surface area contributed by atoms with Gasteiger partial charge in [0.2, 0.25) is 11.7 Å². The van der Waals surface area contributed by atoms with E-state index in [0.29, 0.717) is 17.0 Å². The second kappa shape index (κ2) is 5.15. The molecule has 0 fully saturated rings. The molecule has 0 atom stereocenters. The van der Waals surface area contributed by atoms with Gasteiger partial charge in [0.05, 0.1) is 11.4 Å². The maximum absolute atomic E-state index is 11.8. The van der Waals surface area contributed by atoms with E-state index in [1.807, 2.05) is 6.07 Å². The number of carbonyl (C=O) groups is 2. The summed E-state index contributed by atoms with van der Waals surface area (Å²) in [6, 6.07) is 7.92. The Kier molecular flexibility index (Phi) is 3.58. The average molecular weight is 260 g/mol. The van der Waals surface area contributed by atoms with Gasteiger partial charge >= 0.3 is 0 Å². The van der Waals surface area contributed by atoms with Crippen molar-refractivity contribution in [2.75, 3.05) is 25.2 Å². The summed E-state index contributed by atoms with van der Waals surface area (Å²) in [4.78, 5) is 25.7. The Morgan fingerprint density at radius 1 is 1.44 bits per heavy atom. The van der Waals surface area contributed by atoms with Crippen molar-refractivity contribution in [2.45, 2.75) is 4.90 Å². The van der Waals surface area contributed by atoms with Gasteiger partial charge in [-0.2, -0.15) is 0 Å². The quantitative estimate of drug-likeness (QED) is 0.471. The average Bonchev–Trinajstić information content (AvgIpc) is 2.34. The molecule has 1 aromatic rings. The number of benzene rings is 1. The van der Waals surface area contributed by atoms with E-state index in [9.17, 15) is 9.59 Å². The first-order chi connectivity index (χ1) is 8.56. The second-order valence-corrected chi connectivity index (χ2v) is 5.03. The first kappa shape index (κ1) is 12.5. The minimum Gasteiger partial charge on any atom is -0.338 e. The van der Waals surface area contributed by atoms with E-state index in [1.165, 1.54) is 11.8 Å². The number of amides is 1. The van der Waals surface area contributed by atoms with E-state index < -0.39 is 0 Å². The number of nitrogens with one attached hydrogen (secondary N) is 1. The summed E-state index contributed by atoms with van der Waals surface area (Å²) < 4.78 is 0. The van der Waals surface area contributed by atoms with Gasteiger partial charge in [-0.05, 0) is 24.1 Å². The molecule has 92 valence electrons. The van der Waals surface area contributed by atoms with Crippen LogP contribution in [0.1, 0.15) is 10.4 Å². The molecule has 1 aliphatic rings. The number of ketones is 1. The van der Waals surface area contributed by atoms with Crippen LogP contribution in [0, 0.1) is 12.0 Å². The van der Waals surface area contributed by atoms with Gasteiger partial charge in [-0.15, -0.1) is 11.8 Å². The lowest BCUT2D eigenvalue weighted by Crippen LogP contribution is -2.19. The van der Waals surface area contributed by atoms with Crippen LogP contribution in [0.4, 0.5) is 5.69 Å². The fraction of sp³-hybridized carbons (Fsp3) is 0.231. The summed E-state index contributed by atoms with van der Waals surface area (Å²) in [7, 11) is 3.54. The van der Waals surface area contributed by atoms with Crippen molar-refractivity contribution in [2.24, 2.45) is 0 Å². The van der Waals surface area contributed by atoms with Crippen molar-refractivity contribution < 1.29 is 9.59 Å². The molecule has 0 saturated carbocycles. The van der Waals surface area contributed by atoms with Crippen molar-refractivity contribution in [3.05, 3.63) is 23.8 Å². The molecule has 0 aromatic heterocycles. The molecule has 0 radical (unpaired) electrons. The van der Waals surface area contributed by atoms with E-state index in [4.69, 9.17) is 0 Å². The summed E-state index contributed by atoms with van der Waals surface area (Å²) in [5, 5.41) is 2.75. The Hall–Kier alpha value is -1.93. The van der Waals surface area contributed by atoms with Crippen molar-refractivity contribution in [1.29, 1.82) is 0 Å². The van der Waals surface area contributed by atoms with Gasteiger partial charge in [0.25, 0.3) is 0 Å². The first-order valence-corrected chi connectivity index (χ1v) is 6.35. The Morgan fingerprint density at radius 2 is 2.22 bits per heavy atom. The first-order valence-electron chi connectivity index (χ1n) is 5.36. The van der Waals surface area contributed by atoms with E-state index in [0.717, 1.165) is 4.90 Å². The van der Waals surface area contributed by atoms with Gasteiger partial charge in [-0.1, -0.05) is 0 Å². The third kappa shape index (κ3) is 2.84. The lowest BCUT2D eigenvalue weighted by molar-refractivity contribution is -0.113. The predicted octanol–water partition coefficient (Wildman–Crippen LogP) is 1.44. The molecular formula is C13H12N2O2S. The standard InChI is InChI=1S/C13H12N2O2S/c1-15(2)6-5-11(16)9-3-4-12-10(7-9)14-13(17)8-18-12/h3-4,7H,8H2,1-2H3,(H,14,17). The third-order valence-electron chi connectivity index (χ3n) is 2.27. The molecule has 1 amide bonds. The number of carbonyl (C=O) groups excluding carboxylic acids is 2. The molecule has 1 N–H and O–H groups in total. The number of hydrogen-bond donors (Lipinski definition) is 1. The molecule has 0 spiro atoms. The number of anilines is 1. The van der Waals surface area contributed by atoms with E-state index in [2.05, 4.69) is 17.3 Å². The zero-order chi connectivity index (χ0) is 13.1. The Labute approximate surface area is 110 Å². The van der Waals surface area contributed by atoms with E-state index >= 15 is 0 Å². The van der Waals surface area contributed by atoms with Gasteiger partial charge < -0.3 is 10.2 Å². The molecule has 1 aliphatic heterocycles. The van der Waals surface area contributed by atoms with Crippen LogP contribution >= 0.6 is 11.8 Å². The molecule has 4 nitrogen and oxygen atoms in total. The number of rotatable bonds is 1. The fourth-order valence-corrected chi connectivity index (χ4v) is 2.25. The van der Waals surface area contributed by atoms with Crippen LogP contribution in [0.5, 0.6) is 0 Å². The lowest BCUT2D eigenvalue weighted by atomic mass is 10.1. The van der Waals surface area contributed by atoms with Gasteiger partial charge in [0.1, 0.15) is 0 Å². The summed E-state index contributed by atoms with van der Waals surface area (Å²) >= 11 is 1.47. The van der Waals surface area contributed by atoms with E-state index in [1.54, 1.807) is 31.1 Å². The van der Waals surface area contributed by atoms with Crippen molar-refractivity contribution >= 4 is 29.1 Å². The highest BCUT2D eigenvalue weighted by Crippen LogP contribution is 2.31. The minimum atomic E-state index is -0.253. The molecule has 0 saturated heterocycles. The van der Waals surface area contributed by atoms with Crippen LogP contribution in [0.3, 0.4) is 0 Å². The summed E-state index contributed by atoms with van der Waals surface area (Å²) in [5.74, 6) is 2.65. The van der Waals surface area contributed by atoms with Crippen LogP contribution in [0.25, 0.3) is 0 Å². The number of nitrogens with zero attached hydrogens (tertiary/aromatic N) is 1. The normalized spacial score (nSPS) is 12.9. The SMILES string of the molecule is CN(C)C#CC(=O)c1ccc2c(c1)NC(=O)CS2. The van der Waals surface area contributed by atoms with Crippen LogP contribution in [-0.4, -0.2) is 36.4 Å². The number of Topliss-reactive ketones (excluding diaryl/α,β-unsaturated/α-hetero) is 1. The smallest absolute Gasteiger partial charge is 0.237 e. The van der Waals surface area contributed by atoms with Gasteiger partial charge in [-0.3, -0.25) is 9.59 Å². The molecular weight excluding hydrogens is 248 g/mol. The fourth-order valence-electron chi connectivity index (χ4n) is 1.46. The highest BCUT2D eigenvalue weighted by Gasteiger charge is 2.16. The zero-order valence-corrected chi connectivity index (χ0v) is 10.9. The van der Waals surface area contributed by atoms with Crippen LogP contribution in [-0.2, 0) is 4.79 Å². The zero-order valence-electron chi connectivity index (χ0n) is 10.1. The summed E-state index contributed by atoms with van der Waals surface area (Å²) in [6.45, 7) is 0. The number of fused-ring (bicyclic) bond motifs is 1. The molecule has 0 aliphatic carbocycles. The molecule has 18 heavy (non-hydrogen) atoms. The van der Waals surface area contributed by atoms with Gasteiger partial charge in [-0.25, -0.2) is 0 Å². The third-order valence-corrected chi connectivity index (χ3v) is 3.34. The second-order valence-electron chi connectivity index (χ2n) is 4.01. The predicted molar refractivity (Wildman–Crippen MR) is 71.6 cm³/mol. The lowest BCUT2D eigenvalue weighted by Gasteiger charge is -2.16. The Bertz CT molecular complexity index is 570. The highest BCUT2D eigenvalue weighted by atomic mass is 32.2. The van der Waals surface area contributed by atoms with Crippen LogP contribution < -0.4 is 5.32 Å². The molecule has 1 aromatic carbocycles. The van der Waals surface area contributed by atoms with Crippen molar-refractivity contribution in [1.82, 2.24) is 4.90 Å². The Morgan fingerprint density at radius 3 is 2.94 bits per heavy atom. The van der Waals surface area contributed by atoms with Crippen molar-refractivity contribution in [3.8, 4) is 12.0 Å². The Balaban J connectivity index is 2.26. The summed E-state index contributed by atoms with van der Waals surface area (Å²) in [6.07, 6.45) is 0. The monoisotopic (exact) mass is 260 g/mol. The number of thioether (sulfide) groups is 1. The largest absolute Gasteiger partial charge is 0.338 e. The summed E-state index contributed by atoms with van der Waals surface area (Å²) in [5.41, 5.74) is 1.18. The maximum atomic E-state index is 11.8. The molecule has 1 heterocycles. The topological polar surface area (TPSA) is 49.4 Å². The molecule has 2 rings (SSSR count). The maximum Gasteiger partial charge on any atom is 0.237 e. The molecule has 0 bridgehead atoms. The van der Waals surface area contributed by atoms with Gasteiger partial charge in [0.15, 0.2) is 0 Å². The molecule has 5 heteroatoms. The van der Waals surface area contributed by atoms with E-state index in [-0.39, 0.29) is 11.7 Å². The van der Waals surface area contributed by atoms with Crippen LogP contribution in [0.15, 0.2) is 23.1 Å². The molecule has 0 unspecified atom stereocenters. The minimum absolute atomic E-state index is 0.0449. The van der Waals surface area contributed by atoms with Gasteiger partial charge in [0, 0.05) is 30.6 Å². The highest BCUT2D eigenvalue weighted by molar-refractivity contribution is 8.00. The van der Waals surface area contributed by atoms with Crippen LogP contribution in [0.2, 0.25) is 0 Å².